The standard InChI is InChI=1S/C19H15P.2FH.Hf/c1-20(18-10-14-6-2-3-7-15(14)11-18)19-12-16-8-4-5-9-17(16)13-19;;;/h2-13H,1H3;2*1H;/q;;;+2/p-2. The molecule has 0 N–H and O–H groups in total. The summed E-state index contributed by atoms with van der Waals surface area (Å²) in [6.45, 7) is 2.49. The third-order valence-corrected chi connectivity index (χ3v) is 15.9. The molecule has 0 bridgehead atoms. The van der Waals surface area contributed by atoms with Crippen molar-refractivity contribution < 1.29 is 32.3 Å². The van der Waals surface area contributed by atoms with E-state index in [1.54, 1.807) is 21.8 Å². The molecule has 0 aromatic heterocycles. The molecule has 3 aliphatic rings. The molecule has 0 saturated carbocycles. The van der Waals surface area contributed by atoms with Crippen LogP contribution in [0.4, 0.5) is 0 Å². The summed E-state index contributed by atoms with van der Waals surface area (Å²) < 4.78 is 1.70. The van der Waals surface area contributed by atoms with Gasteiger partial charge in [0.15, 0.2) is 0 Å². The van der Waals surface area contributed by atoms with Crippen LogP contribution < -0.4 is 9.41 Å². The van der Waals surface area contributed by atoms with Crippen molar-refractivity contribution in [3.05, 3.63) is 81.4 Å². The van der Waals surface area contributed by atoms with Gasteiger partial charge in [0.1, 0.15) is 0 Å². The van der Waals surface area contributed by atoms with E-state index in [-0.39, 0.29) is 17.3 Å². The maximum atomic E-state index is 2.53. The molecule has 2 atom stereocenters. The van der Waals surface area contributed by atoms with E-state index in [1.165, 1.54) is 11.1 Å². The molecule has 1 heterocycles. The minimum atomic E-state index is -0.789. The van der Waals surface area contributed by atoms with Gasteiger partial charge in [-0.05, 0) is 0 Å². The van der Waals surface area contributed by atoms with Gasteiger partial charge in [0.25, 0.3) is 0 Å². The molecule has 2 aromatic carbocycles. The molecule has 1 aliphatic heterocycles. The number of rotatable bonds is 0. The zero-order valence-electron chi connectivity index (χ0n) is 12.6. The van der Waals surface area contributed by atoms with Gasteiger partial charge in [-0.1, -0.05) is 0 Å². The van der Waals surface area contributed by atoms with Crippen LogP contribution in [-0.2, 0) is 22.9 Å². The topological polar surface area (TPSA) is 0 Å². The first-order chi connectivity index (χ1) is 10.3. The predicted molar refractivity (Wildman–Crippen MR) is 87.2 cm³/mol. The first-order valence-electron chi connectivity index (χ1n) is 7.44. The van der Waals surface area contributed by atoms with Crippen molar-refractivity contribution >= 4 is 20.1 Å². The number of hydrogen-bond donors (Lipinski definition) is 0. The summed E-state index contributed by atoms with van der Waals surface area (Å²) in [6.07, 6.45) is 5.05. The van der Waals surface area contributed by atoms with Crippen LogP contribution in [0.2, 0.25) is 0 Å². The van der Waals surface area contributed by atoms with Crippen molar-refractivity contribution in [1.29, 1.82) is 0 Å². The predicted octanol–water partition coefficient (Wildman–Crippen LogP) is -0.606. The van der Waals surface area contributed by atoms with Crippen molar-refractivity contribution in [1.82, 2.24) is 0 Å². The summed E-state index contributed by atoms with van der Waals surface area (Å²) >= 11 is -0.789. The zero-order chi connectivity index (χ0) is 14.0. The summed E-state index contributed by atoms with van der Waals surface area (Å²) in [5.41, 5.74) is 6.31. The summed E-state index contributed by atoms with van der Waals surface area (Å²) in [5, 5.41) is 3.56. The third-order valence-electron chi connectivity index (χ3n) is 4.92. The van der Waals surface area contributed by atoms with Crippen LogP contribution in [0.1, 0.15) is 29.6 Å². The summed E-state index contributed by atoms with van der Waals surface area (Å²) in [5.74, 6) is 0. The van der Waals surface area contributed by atoms with Crippen molar-refractivity contribution in [2.75, 3.05) is 6.66 Å². The van der Waals surface area contributed by atoms with Crippen molar-refractivity contribution in [3.8, 4) is 0 Å². The molecule has 114 valence electrons. The van der Waals surface area contributed by atoms with Crippen molar-refractivity contribution in [3.63, 3.8) is 0 Å². The van der Waals surface area contributed by atoms with Gasteiger partial charge in [0, 0.05) is 0 Å². The Kier molecular flexibility index (Phi) is 4.55. The van der Waals surface area contributed by atoms with E-state index in [0.29, 0.717) is 0 Å². The van der Waals surface area contributed by atoms with E-state index < -0.39 is 22.9 Å². The number of benzene rings is 2. The summed E-state index contributed by atoms with van der Waals surface area (Å²) in [7, 11) is -0.0943. The average molecular weight is 491 g/mol. The Morgan fingerprint density at radius 2 is 1.17 bits per heavy atom. The Morgan fingerprint density at radius 3 is 1.65 bits per heavy atom. The second-order valence-electron chi connectivity index (χ2n) is 5.99. The average Bonchev–Trinajstić information content (AvgIpc) is 3.07. The molecule has 1 fully saturated rings. The summed E-state index contributed by atoms with van der Waals surface area (Å²) in [4.78, 5) is 0. The number of allylic oxidation sites excluding steroid dienone is 2. The quantitative estimate of drug-likeness (QED) is 0.342. The maximum Gasteiger partial charge on any atom is -1.00 e. The van der Waals surface area contributed by atoms with Gasteiger partial charge in [0.05, 0.1) is 0 Å². The van der Waals surface area contributed by atoms with E-state index in [4.69, 9.17) is 0 Å². The van der Waals surface area contributed by atoms with Crippen LogP contribution in [0.5, 0.6) is 0 Å². The maximum absolute atomic E-state index is 2.53. The molecule has 2 unspecified atom stereocenters. The smallest absolute Gasteiger partial charge is 1.00 e. The molecule has 0 nitrogen and oxygen atoms in total. The number of fused-ring (bicyclic) bond motifs is 6. The fraction of sp³-hybridized carbons (Fsp3) is 0.158. The molecular weight excluding hydrogens is 476 g/mol. The summed E-state index contributed by atoms with van der Waals surface area (Å²) in [6, 6.07) is 18.2. The number of hydrogen-bond acceptors (Lipinski definition) is 0. The van der Waals surface area contributed by atoms with Crippen molar-refractivity contribution in [2.45, 2.75) is 7.35 Å². The van der Waals surface area contributed by atoms with E-state index in [9.17, 15) is 0 Å². The Bertz CT molecular complexity index is 760. The molecular formula is C19H15F2HfP. The molecule has 2 aliphatic carbocycles. The van der Waals surface area contributed by atoms with Crippen LogP contribution in [0.3, 0.4) is 0 Å². The molecule has 5 rings (SSSR count). The first-order valence-corrected chi connectivity index (χ1v) is 13.4. The molecule has 23 heavy (non-hydrogen) atoms. The zero-order valence-corrected chi connectivity index (χ0v) is 17.1. The van der Waals surface area contributed by atoms with Gasteiger partial charge in [0.2, 0.25) is 0 Å². The van der Waals surface area contributed by atoms with Gasteiger partial charge >= 0.3 is 138 Å². The molecule has 4 heteroatoms. The van der Waals surface area contributed by atoms with Crippen LogP contribution >= 0.6 is 7.92 Å². The van der Waals surface area contributed by atoms with Gasteiger partial charge in [-0.2, -0.15) is 0 Å². The van der Waals surface area contributed by atoms with Crippen LogP contribution in [0.15, 0.2) is 59.2 Å². The van der Waals surface area contributed by atoms with E-state index in [2.05, 4.69) is 67.3 Å². The van der Waals surface area contributed by atoms with Gasteiger partial charge in [-0.3, -0.25) is 0 Å². The Labute approximate surface area is 147 Å². The monoisotopic (exact) mass is 492 g/mol. The normalized spacial score (nSPS) is 25.0. The Balaban J connectivity index is 0.000000781. The van der Waals surface area contributed by atoms with E-state index in [1.807, 2.05) is 0 Å². The molecule has 0 spiro atoms. The molecule has 1 saturated heterocycles. The first kappa shape index (κ1) is 16.9. The fourth-order valence-corrected chi connectivity index (χ4v) is 17.5. The second kappa shape index (κ2) is 6.18. The number of halogens is 2. The largest absolute Gasteiger partial charge is 1.00 e. The van der Waals surface area contributed by atoms with Crippen LogP contribution in [0, 0.1) is 0 Å². The SMILES string of the molecule is CP1C2=Cc3ccccc3[CH]2[Hf+2][CH]2C1=Cc1ccccc12.[F-].[F-]. The second-order valence-corrected chi connectivity index (χ2v) is 13.5. The minimum absolute atomic E-state index is 0. The van der Waals surface area contributed by atoms with Crippen LogP contribution in [0.25, 0.3) is 12.2 Å². The van der Waals surface area contributed by atoms with Gasteiger partial charge < -0.3 is 9.41 Å². The van der Waals surface area contributed by atoms with Gasteiger partial charge in [-0.15, -0.1) is 0 Å². The van der Waals surface area contributed by atoms with Crippen molar-refractivity contribution in [2.24, 2.45) is 0 Å². The molecule has 2 aromatic rings. The molecule has 0 amide bonds. The molecule has 0 radical (unpaired) electrons. The minimum Gasteiger partial charge on any atom is -1.00 e. The fourth-order valence-electron chi connectivity index (χ4n) is 3.86. The Hall–Kier alpha value is -0.920. The van der Waals surface area contributed by atoms with E-state index in [0.717, 1.165) is 7.35 Å². The Morgan fingerprint density at radius 1 is 0.739 bits per heavy atom. The van der Waals surface area contributed by atoms with Crippen LogP contribution in [-0.4, -0.2) is 6.66 Å². The third kappa shape index (κ3) is 2.36. The van der Waals surface area contributed by atoms with Gasteiger partial charge in [-0.25, -0.2) is 0 Å². The van der Waals surface area contributed by atoms with E-state index >= 15 is 0 Å².